The fraction of sp³-hybridized carbons (Fsp3) is 0.625. The van der Waals surface area contributed by atoms with E-state index in [4.69, 9.17) is 21.1 Å². The minimum absolute atomic E-state index is 0.0160. The monoisotopic (exact) mass is 385 g/mol. The molecular weight excluding hydrogens is 365 g/mol. The lowest BCUT2D eigenvalue weighted by Crippen LogP contribution is -2.50. The Kier molecular flexibility index (Phi) is 4.92. The van der Waals surface area contributed by atoms with E-state index in [1.807, 2.05) is 0 Å². The summed E-state index contributed by atoms with van der Waals surface area (Å²) in [5.74, 6) is 0.185. The SMILES string of the molecule is Cc1n[nH]c2nc(Cl)nc(OC3CCN(C(=O)OC(C)(C)C)CC3F)c12. The summed E-state index contributed by atoms with van der Waals surface area (Å²) >= 11 is 5.90. The molecule has 1 N–H and O–H groups in total. The molecule has 1 aliphatic heterocycles. The van der Waals surface area contributed by atoms with E-state index in [0.717, 1.165) is 0 Å². The second-order valence-electron chi connectivity index (χ2n) is 7.22. The zero-order valence-electron chi connectivity index (χ0n) is 15.0. The number of nitrogens with zero attached hydrogens (tertiary/aromatic N) is 4. The van der Waals surface area contributed by atoms with Gasteiger partial charge in [0.05, 0.1) is 12.2 Å². The summed E-state index contributed by atoms with van der Waals surface area (Å²) in [4.78, 5) is 21.5. The number of aromatic nitrogens is 4. The molecule has 2 aromatic heterocycles. The molecule has 3 heterocycles. The van der Waals surface area contributed by atoms with Crippen LogP contribution < -0.4 is 4.74 Å². The molecule has 0 aromatic carbocycles. The molecule has 0 aliphatic carbocycles. The van der Waals surface area contributed by atoms with Gasteiger partial charge in [0, 0.05) is 13.0 Å². The maximum Gasteiger partial charge on any atom is 0.410 e. The number of aryl methyl sites for hydroxylation is 1. The van der Waals surface area contributed by atoms with Gasteiger partial charge in [-0.25, -0.2) is 9.18 Å². The Morgan fingerprint density at radius 3 is 2.77 bits per heavy atom. The first-order valence-electron chi connectivity index (χ1n) is 8.31. The predicted molar refractivity (Wildman–Crippen MR) is 93.2 cm³/mol. The average molecular weight is 386 g/mol. The molecule has 0 saturated carbocycles. The number of halogens is 2. The van der Waals surface area contributed by atoms with Gasteiger partial charge in [0.2, 0.25) is 11.2 Å². The summed E-state index contributed by atoms with van der Waals surface area (Å²) in [6.07, 6.45) is -2.36. The maximum atomic E-state index is 14.6. The highest BCUT2D eigenvalue weighted by Gasteiger charge is 2.35. The van der Waals surface area contributed by atoms with Gasteiger partial charge in [0.15, 0.2) is 11.8 Å². The third kappa shape index (κ3) is 3.98. The summed E-state index contributed by atoms with van der Waals surface area (Å²) in [5, 5.41) is 7.33. The van der Waals surface area contributed by atoms with E-state index in [1.54, 1.807) is 27.7 Å². The van der Waals surface area contributed by atoms with E-state index in [0.29, 0.717) is 29.7 Å². The topological polar surface area (TPSA) is 93.2 Å². The number of nitrogens with one attached hydrogen (secondary N) is 1. The Morgan fingerprint density at radius 1 is 1.38 bits per heavy atom. The lowest BCUT2D eigenvalue weighted by Gasteiger charge is -2.35. The minimum atomic E-state index is -1.38. The van der Waals surface area contributed by atoms with Crippen LogP contribution in [0.2, 0.25) is 5.28 Å². The number of rotatable bonds is 2. The number of likely N-dealkylation sites (tertiary alicyclic amines) is 1. The highest BCUT2D eigenvalue weighted by Crippen LogP contribution is 2.29. The van der Waals surface area contributed by atoms with E-state index < -0.39 is 24.0 Å². The third-order valence-electron chi connectivity index (χ3n) is 3.94. The zero-order valence-corrected chi connectivity index (χ0v) is 15.8. The number of fused-ring (bicyclic) bond motifs is 1. The minimum Gasteiger partial charge on any atom is -0.470 e. The van der Waals surface area contributed by atoms with Gasteiger partial charge in [-0.2, -0.15) is 15.1 Å². The first-order valence-corrected chi connectivity index (χ1v) is 8.68. The maximum absolute atomic E-state index is 14.6. The molecule has 0 bridgehead atoms. The van der Waals surface area contributed by atoms with Crippen molar-refractivity contribution in [2.24, 2.45) is 0 Å². The van der Waals surface area contributed by atoms with Crippen LogP contribution in [0.4, 0.5) is 9.18 Å². The highest BCUT2D eigenvalue weighted by molar-refractivity contribution is 6.28. The Morgan fingerprint density at radius 2 is 2.12 bits per heavy atom. The van der Waals surface area contributed by atoms with Crippen LogP contribution in [0, 0.1) is 6.92 Å². The molecule has 1 saturated heterocycles. The normalized spacial score (nSPS) is 21.1. The first-order chi connectivity index (χ1) is 12.1. The molecule has 1 fully saturated rings. The van der Waals surface area contributed by atoms with Gasteiger partial charge in [0.25, 0.3) is 0 Å². The van der Waals surface area contributed by atoms with Crippen molar-refractivity contribution in [2.45, 2.75) is 52.0 Å². The quantitative estimate of drug-likeness (QED) is 0.798. The van der Waals surface area contributed by atoms with Crippen molar-refractivity contribution < 1.29 is 18.7 Å². The zero-order chi connectivity index (χ0) is 19.1. The molecule has 2 unspecified atom stereocenters. The second kappa shape index (κ2) is 6.86. The first kappa shape index (κ1) is 18.6. The predicted octanol–water partition coefficient (Wildman–Crippen LogP) is 3.04. The smallest absolute Gasteiger partial charge is 0.410 e. The Labute approximate surface area is 155 Å². The molecule has 142 valence electrons. The van der Waals surface area contributed by atoms with Crippen LogP contribution in [0.5, 0.6) is 5.88 Å². The number of H-pyrrole nitrogens is 1. The fourth-order valence-electron chi connectivity index (χ4n) is 2.75. The number of hydrogen-bond donors (Lipinski definition) is 1. The van der Waals surface area contributed by atoms with Crippen LogP contribution in [0.3, 0.4) is 0 Å². The van der Waals surface area contributed by atoms with Crippen LogP contribution in [-0.4, -0.2) is 62.1 Å². The molecule has 3 rings (SSSR count). The second-order valence-corrected chi connectivity index (χ2v) is 7.56. The summed E-state index contributed by atoms with van der Waals surface area (Å²) in [7, 11) is 0. The summed E-state index contributed by atoms with van der Waals surface area (Å²) in [5.41, 5.74) is 0.436. The molecule has 8 nitrogen and oxygen atoms in total. The number of carbonyl (C=O) groups is 1. The average Bonchev–Trinajstić information content (AvgIpc) is 2.88. The van der Waals surface area contributed by atoms with E-state index >= 15 is 0 Å². The summed E-state index contributed by atoms with van der Waals surface area (Å²) in [6, 6.07) is 0. The Balaban J connectivity index is 1.72. The van der Waals surface area contributed by atoms with Crippen LogP contribution in [-0.2, 0) is 4.74 Å². The van der Waals surface area contributed by atoms with E-state index in [1.165, 1.54) is 4.90 Å². The number of aromatic amines is 1. The van der Waals surface area contributed by atoms with Crippen molar-refractivity contribution >= 4 is 28.7 Å². The molecule has 0 radical (unpaired) electrons. The van der Waals surface area contributed by atoms with E-state index in [2.05, 4.69) is 20.2 Å². The van der Waals surface area contributed by atoms with E-state index in [-0.39, 0.29) is 17.7 Å². The molecule has 2 atom stereocenters. The highest BCUT2D eigenvalue weighted by atomic mass is 35.5. The van der Waals surface area contributed by atoms with Crippen molar-refractivity contribution in [3.63, 3.8) is 0 Å². The summed E-state index contributed by atoms with van der Waals surface area (Å²) < 4.78 is 25.7. The van der Waals surface area contributed by atoms with Gasteiger partial charge in [-0.1, -0.05) is 0 Å². The van der Waals surface area contributed by atoms with Gasteiger partial charge in [-0.3, -0.25) is 5.10 Å². The lowest BCUT2D eigenvalue weighted by atomic mass is 10.1. The van der Waals surface area contributed by atoms with Gasteiger partial charge in [0.1, 0.15) is 17.1 Å². The van der Waals surface area contributed by atoms with Crippen molar-refractivity contribution in [3.05, 3.63) is 11.0 Å². The van der Waals surface area contributed by atoms with Gasteiger partial charge in [-0.05, 0) is 39.3 Å². The molecular formula is C16H21ClFN5O3. The van der Waals surface area contributed by atoms with Gasteiger partial charge in [-0.15, -0.1) is 0 Å². The number of ether oxygens (including phenoxy) is 2. The number of carbonyl (C=O) groups excluding carboxylic acids is 1. The third-order valence-corrected chi connectivity index (χ3v) is 4.11. The molecule has 2 aromatic rings. The van der Waals surface area contributed by atoms with Crippen LogP contribution in [0.1, 0.15) is 32.9 Å². The molecule has 1 aliphatic rings. The number of piperidine rings is 1. The van der Waals surface area contributed by atoms with Crippen LogP contribution in [0.25, 0.3) is 11.0 Å². The molecule has 10 heteroatoms. The van der Waals surface area contributed by atoms with Gasteiger partial charge < -0.3 is 14.4 Å². The van der Waals surface area contributed by atoms with Crippen molar-refractivity contribution in [3.8, 4) is 5.88 Å². The van der Waals surface area contributed by atoms with Gasteiger partial charge >= 0.3 is 6.09 Å². The van der Waals surface area contributed by atoms with Crippen molar-refractivity contribution in [2.75, 3.05) is 13.1 Å². The molecule has 1 amide bonds. The largest absolute Gasteiger partial charge is 0.470 e. The van der Waals surface area contributed by atoms with Crippen molar-refractivity contribution in [1.29, 1.82) is 0 Å². The Hall–Kier alpha value is -2.16. The molecule has 26 heavy (non-hydrogen) atoms. The standard InChI is InChI=1S/C16H21ClFN5O3/c1-8-11-12(22-21-8)19-14(17)20-13(11)25-10-5-6-23(7-9(10)18)15(24)26-16(2,3)4/h9-10H,5-7H2,1-4H3,(H,19,20,21,22). The van der Waals surface area contributed by atoms with Crippen molar-refractivity contribution in [1.82, 2.24) is 25.1 Å². The number of hydrogen-bond acceptors (Lipinski definition) is 6. The molecule has 0 spiro atoms. The summed E-state index contributed by atoms with van der Waals surface area (Å²) in [6.45, 7) is 7.29. The lowest BCUT2D eigenvalue weighted by molar-refractivity contribution is -0.0111. The number of alkyl halides is 1. The van der Waals surface area contributed by atoms with Crippen LogP contribution >= 0.6 is 11.6 Å². The fourth-order valence-corrected chi connectivity index (χ4v) is 2.91. The Bertz CT molecular complexity index is 822. The number of amides is 1. The van der Waals surface area contributed by atoms with E-state index in [9.17, 15) is 9.18 Å². The van der Waals surface area contributed by atoms with Crippen LogP contribution in [0.15, 0.2) is 0 Å².